The molecule has 0 heterocycles. The van der Waals surface area contributed by atoms with Crippen molar-refractivity contribution in [2.45, 2.75) is 82.6 Å². The number of benzene rings is 1. The molecule has 29 heavy (non-hydrogen) atoms. The van der Waals surface area contributed by atoms with Crippen LogP contribution in [0.3, 0.4) is 0 Å². The fourth-order valence-electron chi connectivity index (χ4n) is 9.78. The first kappa shape index (κ1) is 17.4. The largest absolute Gasteiger partial charge is 0.344 e. The summed E-state index contributed by atoms with van der Waals surface area (Å²) in [6, 6.07) is 11.0. The topological polar surface area (TPSA) is 24.4 Å². The van der Waals surface area contributed by atoms with E-state index in [4.69, 9.17) is 4.99 Å². The van der Waals surface area contributed by atoms with E-state index < -0.39 is 0 Å². The molecule has 1 aromatic rings. The molecule has 1 N–H and O–H groups in total. The molecule has 1 aromatic carbocycles. The molecule has 2 nitrogen and oxygen atoms in total. The smallest absolute Gasteiger partial charge is 0.108 e. The molecule has 8 fully saturated rings. The molecule has 0 radical (unpaired) electrons. The van der Waals surface area contributed by atoms with Gasteiger partial charge in [-0.05, 0) is 125 Å². The van der Waals surface area contributed by atoms with Crippen molar-refractivity contribution in [3.05, 3.63) is 30.3 Å². The number of nitrogens with one attached hydrogen (secondary N) is 1. The Hall–Kier alpha value is -1.31. The minimum Gasteiger partial charge on any atom is -0.344 e. The van der Waals surface area contributed by atoms with E-state index in [2.05, 4.69) is 35.6 Å². The highest BCUT2D eigenvalue weighted by atomic mass is 15.1. The SMILES string of the molecule is c1ccc(NC(=NC23CC4CC(CC(C4)C2)C3)C23CC4CC(CC(C4)C2)C3)cc1. The molecule has 9 rings (SSSR count). The van der Waals surface area contributed by atoms with Gasteiger partial charge in [-0.2, -0.15) is 0 Å². The number of amidine groups is 1. The average molecular weight is 389 g/mol. The van der Waals surface area contributed by atoms with Crippen LogP contribution in [-0.4, -0.2) is 11.4 Å². The lowest BCUT2D eigenvalue weighted by molar-refractivity contribution is -0.0174. The number of hydrogen-bond donors (Lipinski definition) is 1. The third-order valence-electron chi connectivity index (χ3n) is 9.93. The summed E-state index contributed by atoms with van der Waals surface area (Å²) in [7, 11) is 0. The molecule has 154 valence electrons. The molecular weight excluding hydrogens is 352 g/mol. The standard InChI is InChI=1S/C27H36N2/c1-2-4-24(5-3-1)28-25(26-12-18-6-19(13-26)8-20(7-18)14-26)29-27-15-21-9-22(16-27)11-23(10-21)17-27/h1-5,18-23H,6-17H2,(H,28,29). The first-order valence-electron chi connectivity index (χ1n) is 12.6. The molecule has 2 heteroatoms. The second kappa shape index (κ2) is 6.11. The third kappa shape index (κ3) is 2.84. The van der Waals surface area contributed by atoms with E-state index in [0.29, 0.717) is 5.41 Å². The Bertz CT molecular complexity index is 752. The van der Waals surface area contributed by atoms with Crippen LogP contribution in [0.2, 0.25) is 0 Å². The Morgan fingerprint density at radius 2 is 1.10 bits per heavy atom. The number of para-hydroxylation sites is 1. The van der Waals surface area contributed by atoms with Gasteiger partial charge in [0.1, 0.15) is 5.84 Å². The van der Waals surface area contributed by atoms with Gasteiger partial charge in [-0.3, -0.25) is 4.99 Å². The van der Waals surface area contributed by atoms with Crippen molar-refractivity contribution < 1.29 is 0 Å². The second-order valence-electron chi connectivity index (χ2n) is 12.3. The van der Waals surface area contributed by atoms with Crippen molar-refractivity contribution in [3.8, 4) is 0 Å². The van der Waals surface area contributed by atoms with E-state index >= 15 is 0 Å². The molecular formula is C27H36N2. The first-order valence-corrected chi connectivity index (χ1v) is 12.6. The van der Waals surface area contributed by atoms with Crippen LogP contribution in [0.15, 0.2) is 35.3 Å². The fourth-order valence-corrected chi connectivity index (χ4v) is 9.78. The molecule has 8 saturated carbocycles. The molecule has 0 atom stereocenters. The van der Waals surface area contributed by atoms with Crippen LogP contribution < -0.4 is 5.32 Å². The summed E-state index contributed by atoms with van der Waals surface area (Å²) in [6.45, 7) is 0. The van der Waals surface area contributed by atoms with Crippen molar-refractivity contribution in [1.29, 1.82) is 0 Å². The molecule has 0 aliphatic heterocycles. The number of anilines is 1. The summed E-state index contributed by atoms with van der Waals surface area (Å²) < 4.78 is 0. The Morgan fingerprint density at radius 1 is 0.655 bits per heavy atom. The van der Waals surface area contributed by atoms with E-state index in [9.17, 15) is 0 Å². The van der Waals surface area contributed by atoms with Gasteiger partial charge in [0.25, 0.3) is 0 Å². The highest BCUT2D eigenvalue weighted by molar-refractivity contribution is 6.00. The van der Waals surface area contributed by atoms with Crippen LogP contribution in [0, 0.1) is 40.9 Å². The van der Waals surface area contributed by atoms with Gasteiger partial charge in [-0.1, -0.05) is 18.2 Å². The highest BCUT2D eigenvalue weighted by Crippen LogP contribution is 2.62. The zero-order valence-electron chi connectivity index (χ0n) is 17.8. The second-order valence-corrected chi connectivity index (χ2v) is 12.3. The average Bonchev–Trinajstić information content (AvgIpc) is 2.66. The normalized spacial score (nSPS) is 49.6. The molecule has 0 spiro atoms. The summed E-state index contributed by atoms with van der Waals surface area (Å²) in [6.07, 6.45) is 17.4. The van der Waals surface area contributed by atoms with Crippen LogP contribution in [-0.2, 0) is 0 Å². The van der Waals surface area contributed by atoms with Crippen LogP contribution in [0.5, 0.6) is 0 Å². The van der Waals surface area contributed by atoms with Crippen LogP contribution >= 0.6 is 0 Å². The van der Waals surface area contributed by atoms with Gasteiger partial charge in [0, 0.05) is 11.1 Å². The number of hydrogen-bond acceptors (Lipinski definition) is 1. The number of nitrogens with zero attached hydrogens (tertiary/aromatic N) is 1. The van der Waals surface area contributed by atoms with Gasteiger partial charge in [-0.15, -0.1) is 0 Å². The van der Waals surface area contributed by atoms with E-state index in [0.717, 1.165) is 35.5 Å². The van der Waals surface area contributed by atoms with Crippen molar-refractivity contribution in [1.82, 2.24) is 0 Å². The first-order chi connectivity index (χ1) is 14.2. The lowest BCUT2D eigenvalue weighted by Gasteiger charge is -2.59. The van der Waals surface area contributed by atoms with Gasteiger partial charge >= 0.3 is 0 Å². The maximum Gasteiger partial charge on any atom is 0.108 e. The van der Waals surface area contributed by atoms with Gasteiger partial charge in [0.2, 0.25) is 0 Å². The molecule has 0 unspecified atom stereocenters. The quantitative estimate of drug-likeness (QED) is 0.453. The van der Waals surface area contributed by atoms with Gasteiger partial charge < -0.3 is 5.32 Å². The fraction of sp³-hybridized carbons (Fsp3) is 0.741. The predicted molar refractivity (Wildman–Crippen MR) is 119 cm³/mol. The van der Waals surface area contributed by atoms with Crippen LogP contribution in [0.1, 0.15) is 77.0 Å². The summed E-state index contributed by atoms with van der Waals surface area (Å²) in [4.78, 5) is 5.86. The van der Waals surface area contributed by atoms with Gasteiger partial charge in [-0.25, -0.2) is 0 Å². The zero-order valence-corrected chi connectivity index (χ0v) is 17.8. The molecule has 0 saturated heterocycles. The maximum atomic E-state index is 5.86. The molecule has 0 amide bonds. The summed E-state index contributed by atoms with van der Waals surface area (Å²) in [5, 5.41) is 3.96. The van der Waals surface area contributed by atoms with Crippen molar-refractivity contribution >= 4 is 11.5 Å². The predicted octanol–water partition coefficient (Wildman–Crippen LogP) is 6.68. The minimum atomic E-state index is 0.273. The number of aliphatic imine (C=N–C) groups is 1. The summed E-state index contributed by atoms with van der Waals surface area (Å²) in [5.74, 6) is 7.25. The lowest BCUT2D eigenvalue weighted by Crippen LogP contribution is -2.54. The van der Waals surface area contributed by atoms with E-state index in [1.165, 1.54) is 88.6 Å². The van der Waals surface area contributed by atoms with E-state index in [1.807, 2.05) is 0 Å². The Labute approximate surface area is 176 Å². The van der Waals surface area contributed by atoms with Crippen molar-refractivity contribution in [2.24, 2.45) is 45.9 Å². The Morgan fingerprint density at radius 3 is 1.59 bits per heavy atom. The van der Waals surface area contributed by atoms with Gasteiger partial charge in [0.15, 0.2) is 0 Å². The summed E-state index contributed by atoms with van der Waals surface area (Å²) >= 11 is 0. The minimum absolute atomic E-state index is 0.273. The summed E-state index contributed by atoms with van der Waals surface area (Å²) in [5.41, 5.74) is 1.88. The Kier molecular flexibility index (Phi) is 3.66. The highest BCUT2D eigenvalue weighted by Gasteiger charge is 2.56. The van der Waals surface area contributed by atoms with Gasteiger partial charge in [0.05, 0.1) is 5.54 Å². The number of rotatable bonds is 3. The monoisotopic (exact) mass is 388 g/mol. The molecule has 8 bridgehead atoms. The van der Waals surface area contributed by atoms with Crippen LogP contribution in [0.25, 0.3) is 0 Å². The van der Waals surface area contributed by atoms with Crippen molar-refractivity contribution in [2.75, 3.05) is 5.32 Å². The van der Waals surface area contributed by atoms with E-state index in [-0.39, 0.29) is 5.54 Å². The molecule has 8 aliphatic carbocycles. The third-order valence-corrected chi connectivity index (χ3v) is 9.93. The zero-order chi connectivity index (χ0) is 19.1. The van der Waals surface area contributed by atoms with Crippen molar-refractivity contribution in [3.63, 3.8) is 0 Å². The lowest BCUT2D eigenvalue weighted by atomic mass is 9.49. The Balaban J connectivity index is 1.30. The molecule has 0 aromatic heterocycles. The van der Waals surface area contributed by atoms with Crippen LogP contribution in [0.4, 0.5) is 5.69 Å². The molecule has 8 aliphatic rings. The van der Waals surface area contributed by atoms with E-state index in [1.54, 1.807) is 0 Å². The maximum absolute atomic E-state index is 5.86.